The van der Waals surface area contributed by atoms with Crippen LogP contribution in [0.5, 0.6) is 5.75 Å². The largest absolute Gasteiger partial charge is 0.486 e. The predicted octanol–water partition coefficient (Wildman–Crippen LogP) is 3.56. The topological polar surface area (TPSA) is 59.0 Å². The minimum absolute atomic E-state index is 0.0938. The fourth-order valence-electron chi connectivity index (χ4n) is 6.37. The highest BCUT2D eigenvalue weighted by atomic mass is 79.9. The maximum absolute atomic E-state index is 12.7. The number of aliphatic hydroxyl groups is 1. The zero-order valence-corrected chi connectivity index (χ0v) is 17.6. The van der Waals surface area contributed by atoms with E-state index < -0.39 is 6.10 Å². The summed E-state index contributed by atoms with van der Waals surface area (Å²) in [5.41, 5.74) is 3.47. The van der Waals surface area contributed by atoms with Crippen LogP contribution in [0, 0.1) is 18.8 Å². The lowest BCUT2D eigenvalue weighted by atomic mass is 9.50. The number of nitrogens with zero attached hydrogens (tertiary/aromatic N) is 1. The summed E-state index contributed by atoms with van der Waals surface area (Å²) in [6.07, 6.45) is 1.63. The van der Waals surface area contributed by atoms with Crippen LogP contribution in [-0.4, -0.2) is 47.5 Å². The summed E-state index contributed by atoms with van der Waals surface area (Å²) in [4.78, 5) is 14.6. The van der Waals surface area contributed by atoms with Crippen molar-refractivity contribution in [3.8, 4) is 5.75 Å². The number of likely N-dealkylation sites (tertiary alicyclic amines) is 1. The third kappa shape index (κ3) is 2.11. The predicted molar refractivity (Wildman–Crippen MR) is 104 cm³/mol. The second-order valence-corrected chi connectivity index (χ2v) is 9.51. The standard InChI is InChI=1S/C21H26BrNO4/c1-4-26-20(25)23-6-5-21-13-7-10(2)17(24)19(21)27-18-11(3)8-14(22)12(16(18)21)9-15(13)23/h8,10,13,15,17,19,24H,4-7,9H2,1-3H3/t10-,13+,15-,17?,19+,21+/m1/s1. The van der Waals surface area contributed by atoms with Crippen molar-refractivity contribution < 1.29 is 19.4 Å². The van der Waals surface area contributed by atoms with Gasteiger partial charge in [0.15, 0.2) is 0 Å². The van der Waals surface area contributed by atoms with Gasteiger partial charge >= 0.3 is 6.09 Å². The highest BCUT2D eigenvalue weighted by Crippen LogP contribution is 2.64. The number of carbonyl (C=O) groups excluding carboxylic acids is 1. The van der Waals surface area contributed by atoms with Crippen LogP contribution in [0.2, 0.25) is 0 Å². The molecule has 2 fully saturated rings. The van der Waals surface area contributed by atoms with Crippen molar-refractivity contribution in [1.82, 2.24) is 4.90 Å². The molecule has 1 amide bonds. The molecule has 146 valence electrons. The van der Waals surface area contributed by atoms with Gasteiger partial charge in [-0.15, -0.1) is 0 Å². The van der Waals surface area contributed by atoms with Gasteiger partial charge in [0.05, 0.1) is 12.7 Å². The van der Waals surface area contributed by atoms with Crippen molar-refractivity contribution in [2.75, 3.05) is 13.2 Å². The molecule has 27 heavy (non-hydrogen) atoms. The number of amides is 1. The molecular formula is C21H26BrNO4. The molecule has 1 aromatic carbocycles. The van der Waals surface area contributed by atoms with Crippen LogP contribution in [-0.2, 0) is 16.6 Å². The van der Waals surface area contributed by atoms with Gasteiger partial charge < -0.3 is 19.5 Å². The Morgan fingerprint density at radius 2 is 2.30 bits per heavy atom. The first-order chi connectivity index (χ1) is 12.9. The Morgan fingerprint density at radius 3 is 3.04 bits per heavy atom. The Hall–Kier alpha value is -1.27. The smallest absolute Gasteiger partial charge is 0.410 e. The normalized spacial score (nSPS) is 38.3. The van der Waals surface area contributed by atoms with Gasteiger partial charge in [0.2, 0.25) is 0 Å². The van der Waals surface area contributed by atoms with E-state index in [2.05, 4.69) is 35.8 Å². The Bertz CT molecular complexity index is 827. The van der Waals surface area contributed by atoms with Gasteiger partial charge in [-0.05, 0) is 62.1 Å². The molecule has 1 N–H and O–H groups in total. The Balaban J connectivity index is 1.71. The van der Waals surface area contributed by atoms with Crippen LogP contribution < -0.4 is 4.74 Å². The molecule has 2 bridgehead atoms. The third-order valence-corrected chi connectivity index (χ3v) is 8.17. The number of aliphatic hydroxyl groups excluding tert-OH is 1. The zero-order valence-electron chi connectivity index (χ0n) is 16.0. The van der Waals surface area contributed by atoms with E-state index in [-0.39, 0.29) is 29.6 Å². The van der Waals surface area contributed by atoms with Gasteiger partial charge in [0.25, 0.3) is 0 Å². The fourth-order valence-corrected chi connectivity index (χ4v) is 7.07. The first-order valence-electron chi connectivity index (χ1n) is 10.0. The number of rotatable bonds is 1. The Labute approximate surface area is 168 Å². The molecule has 1 saturated carbocycles. The monoisotopic (exact) mass is 435 g/mol. The fraction of sp³-hybridized carbons (Fsp3) is 0.667. The van der Waals surface area contributed by atoms with E-state index in [1.165, 1.54) is 11.1 Å². The van der Waals surface area contributed by atoms with Crippen LogP contribution in [0.4, 0.5) is 4.79 Å². The lowest BCUT2D eigenvalue weighted by molar-refractivity contribution is -0.122. The second kappa shape index (κ2) is 5.86. The second-order valence-electron chi connectivity index (χ2n) is 8.66. The molecule has 5 nitrogen and oxygen atoms in total. The van der Waals surface area contributed by atoms with Gasteiger partial charge in [-0.25, -0.2) is 4.79 Å². The molecule has 6 heteroatoms. The molecule has 4 aliphatic rings. The summed E-state index contributed by atoms with van der Waals surface area (Å²) in [5, 5.41) is 11.0. The van der Waals surface area contributed by atoms with Crippen molar-refractivity contribution in [3.05, 3.63) is 27.2 Å². The maximum atomic E-state index is 12.7. The molecule has 1 aromatic rings. The molecule has 5 rings (SSSR count). The van der Waals surface area contributed by atoms with Crippen molar-refractivity contribution in [1.29, 1.82) is 0 Å². The Kier molecular flexibility index (Phi) is 3.87. The summed E-state index contributed by atoms with van der Waals surface area (Å²) < 4.78 is 12.9. The first kappa shape index (κ1) is 17.8. The van der Waals surface area contributed by atoms with E-state index in [0.29, 0.717) is 19.1 Å². The lowest BCUT2D eigenvalue weighted by Gasteiger charge is -2.59. The minimum Gasteiger partial charge on any atom is -0.486 e. The van der Waals surface area contributed by atoms with Gasteiger partial charge in [0, 0.05) is 28.0 Å². The number of piperidine rings is 1. The van der Waals surface area contributed by atoms with E-state index in [4.69, 9.17) is 9.47 Å². The number of halogens is 1. The number of ether oxygens (including phenoxy) is 2. The van der Waals surface area contributed by atoms with Gasteiger partial charge in [-0.2, -0.15) is 0 Å². The van der Waals surface area contributed by atoms with Crippen molar-refractivity contribution >= 4 is 22.0 Å². The SMILES string of the molecule is CCOC(=O)N1CC[C@]23c4c5c(Br)cc(C)c4O[C@H]2C(O)[C@H](C)C[C@H]3[C@H]1C5. The van der Waals surface area contributed by atoms with E-state index in [1.807, 2.05) is 11.8 Å². The van der Waals surface area contributed by atoms with E-state index in [0.717, 1.165) is 35.0 Å². The van der Waals surface area contributed by atoms with Gasteiger partial charge in [0.1, 0.15) is 11.9 Å². The highest BCUT2D eigenvalue weighted by Gasteiger charge is 2.67. The average Bonchev–Trinajstić information content (AvgIpc) is 2.95. The summed E-state index contributed by atoms with van der Waals surface area (Å²) in [7, 11) is 0. The van der Waals surface area contributed by atoms with E-state index >= 15 is 0 Å². The first-order valence-corrected chi connectivity index (χ1v) is 10.8. The molecule has 2 heterocycles. The minimum atomic E-state index is -0.479. The summed E-state index contributed by atoms with van der Waals surface area (Å²) in [6, 6.07) is 2.21. The van der Waals surface area contributed by atoms with Crippen LogP contribution >= 0.6 is 15.9 Å². The maximum Gasteiger partial charge on any atom is 0.410 e. The molecule has 0 radical (unpaired) electrons. The number of benzene rings is 1. The molecule has 1 spiro atoms. The average molecular weight is 436 g/mol. The number of hydrogen-bond acceptors (Lipinski definition) is 4. The third-order valence-electron chi connectivity index (χ3n) is 7.46. The molecule has 0 aromatic heterocycles. The number of carbonyl (C=O) groups is 1. The summed E-state index contributed by atoms with van der Waals surface area (Å²) in [5.74, 6) is 1.42. The lowest BCUT2D eigenvalue weighted by Crippen LogP contribution is -2.69. The van der Waals surface area contributed by atoms with E-state index in [9.17, 15) is 9.90 Å². The number of hydrogen-bond donors (Lipinski definition) is 1. The van der Waals surface area contributed by atoms with Gasteiger partial charge in [-0.1, -0.05) is 22.9 Å². The van der Waals surface area contributed by atoms with Crippen molar-refractivity contribution in [3.63, 3.8) is 0 Å². The Morgan fingerprint density at radius 1 is 1.52 bits per heavy atom. The van der Waals surface area contributed by atoms with E-state index in [1.54, 1.807) is 0 Å². The molecule has 2 aliphatic carbocycles. The highest BCUT2D eigenvalue weighted by molar-refractivity contribution is 9.10. The molecule has 6 atom stereocenters. The van der Waals surface area contributed by atoms with Crippen LogP contribution in [0.15, 0.2) is 10.5 Å². The summed E-state index contributed by atoms with van der Waals surface area (Å²) >= 11 is 3.77. The molecular weight excluding hydrogens is 410 g/mol. The molecule has 2 aliphatic heterocycles. The zero-order chi connectivity index (χ0) is 19.1. The van der Waals surface area contributed by atoms with Crippen molar-refractivity contribution in [2.24, 2.45) is 11.8 Å². The van der Waals surface area contributed by atoms with Crippen LogP contribution in [0.1, 0.15) is 43.4 Å². The summed E-state index contributed by atoms with van der Waals surface area (Å²) in [6.45, 7) is 7.09. The van der Waals surface area contributed by atoms with Gasteiger partial charge in [-0.3, -0.25) is 0 Å². The van der Waals surface area contributed by atoms with Crippen LogP contribution in [0.25, 0.3) is 0 Å². The quantitative estimate of drug-likeness (QED) is 0.732. The number of aryl methyl sites for hydroxylation is 1. The molecule has 1 unspecified atom stereocenters. The van der Waals surface area contributed by atoms with Crippen LogP contribution in [0.3, 0.4) is 0 Å². The van der Waals surface area contributed by atoms with Crippen molar-refractivity contribution in [2.45, 2.75) is 63.7 Å². The molecule has 1 saturated heterocycles.